The van der Waals surface area contributed by atoms with Gasteiger partial charge in [0.05, 0.1) is 5.69 Å². The van der Waals surface area contributed by atoms with Gasteiger partial charge in [0.25, 0.3) is 0 Å². The maximum atomic E-state index is 9.15. The van der Waals surface area contributed by atoms with Crippen molar-refractivity contribution in [3.63, 3.8) is 0 Å². The monoisotopic (exact) mass is 862 g/mol. The Labute approximate surface area is 408 Å². The summed E-state index contributed by atoms with van der Waals surface area (Å²) in [6, 6.07) is 42.0. The number of amidine groups is 2. The van der Waals surface area contributed by atoms with Gasteiger partial charge in [-0.2, -0.15) is 0 Å². The van der Waals surface area contributed by atoms with E-state index in [1.54, 1.807) is 0 Å². The normalized spacial score (nSPS) is 12.0. The molecule has 1 N–H and O–H groups in total. The predicted molar refractivity (Wildman–Crippen MR) is 329 cm³/mol. The minimum Gasteiger partial charge on any atom is -0.310 e. The zero-order chi connectivity index (χ0) is 47.9. The van der Waals surface area contributed by atoms with Crippen LogP contribution in [0.2, 0.25) is 0 Å². The Balaban J connectivity index is 1.43. The number of aliphatic imine (C=N–C) groups is 2. The molecular weight excluding hydrogens is 813 g/mol. The summed E-state index contributed by atoms with van der Waals surface area (Å²) in [4.78, 5) is 10.3. The average Bonchev–Trinajstić information content (AvgIpc) is 3.72. The smallest absolute Gasteiger partial charge is 0.161 e. The van der Waals surface area contributed by atoms with Crippen LogP contribution in [0.4, 0.5) is 0 Å². The first-order valence-corrected chi connectivity index (χ1v) is 23.7. The second kappa shape index (κ2) is 17.2. The number of nitrogens with zero attached hydrogens (tertiary/aromatic N) is 3. The lowest BCUT2D eigenvalue weighted by Gasteiger charge is -2.25. The molecule has 0 aliphatic heterocycles. The fourth-order valence-electron chi connectivity index (χ4n) is 11.2. The molecule has 0 aliphatic rings. The van der Waals surface area contributed by atoms with Crippen molar-refractivity contribution in [1.82, 2.24) is 4.57 Å². The Morgan fingerprint density at radius 3 is 1.57 bits per heavy atom. The third kappa shape index (κ3) is 6.86. The van der Waals surface area contributed by atoms with Crippen molar-refractivity contribution in [2.24, 2.45) is 9.98 Å². The van der Waals surface area contributed by atoms with Gasteiger partial charge in [0.1, 0.15) is 78.5 Å². The molecule has 0 saturated heterocycles. The van der Waals surface area contributed by atoms with Crippen LogP contribution in [-0.4, -0.2) is 101 Å². The molecule has 0 atom stereocenters. The second-order valence-corrected chi connectivity index (χ2v) is 18.8. The van der Waals surface area contributed by atoms with Gasteiger partial charge in [-0.25, -0.2) is 9.98 Å². The van der Waals surface area contributed by atoms with E-state index in [2.05, 4.69) is 157 Å². The van der Waals surface area contributed by atoms with E-state index in [1.807, 2.05) is 73.0 Å². The maximum Gasteiger partial charge on any atom is 0.161 e. The number of rotatable bonds is 6. The molecule has 4 nitrogen and oxygen atoms in total. The third-order valence-electron chi connectivity index (χ3n) is 15.6. The van der Waals surface area contributed by atoms with E-state index >= 15 is 0 Å². The summed E-state index contributed by atoms with van der Waals surface area (Å²) in [7, 11) is 23.0. The highest BCUT2D eigenvalue weighted by molar-refractivity contribution is 6.68. The molecule has 1 aromatic heterocycles. The standard InChI is InChI=1S/C54H48B10N4/c1-3-29-42(56)46(60)40-39-38(37-25(2)41(55)47(61)48(62)44(37)58)45(59)49(63)50(64)51(39)68(52(40)43(29)57)36-23-35-33-21-13-11-19-31(33)30-18-10-12-20-32(30)34(35)22-28(36)24-66-54(27-16-8-5-9-17-27)67-53(65)26-14-6-4-7-15-26/h3-24,65H,1,55-64H2,2H3/b65-53?,66-24+,67-54-. The summed E-state index contributed by atoms with van der Waals surface area (Å²) in [5.74, 6) is 0.619. The largest absolute Gasteiger partial charge is 0.310 e. The highest BCUT2D eigenvalue weighted by Crippen LogP contribution is 2.40. The molecule has 14 heteroatoms. The summed E-state index contributed by atoms with van der Waals surface area (Å²) < 4.78 is 2.57. The van der Waals surface area contributed by atoms with E-state index < -0.39 is 0 Å². The van der Waals surface area contributed by atoms with E-state index in [-0.39, 0.29) is 5.84 Å². The van der Waals surface area contributed by atoms with E-state index in [0.717, 1.165) is 33.3 Å². The van der Waals surface area contributed by atoms with E-state index in [9.17, 15) is 0 Å². The second-order valence-electron chi connectivity index (χ2n) is 18.8. The van der Waals surface area contributed by atoms with E-state index in [1.165, 1.54) is 120 Å². The van der Waals surface area contributed by atoms with Crippen molar-refractivity contribution in [3.8, 4) is 16.8 Å². The Bertz CT molecular complexity index is 3870. The SMILES string of the molecule is Bc1c(B)c(B)c(-c2c(B)c(B)c(B)c3c2c2c(B)c(B)c(C=C)c(B)c2n3-c2cc3c4ccccc4c4ccccc4c3cc2/C=N/C(=N\C(=N)c2ccccc2)c2ccccc2)c(C)c1B. The van der Waals surface area contributed by atoms with Crippen LogP contribution in [0.3, 0.4) is 0 Å². The van der Waals surface area contributed by atoms with Gasteiger partial charge in [-0.05, 0) is 68.1 Å². The fraction of sp³-hybridized carbons (Fsp3) is 0.0185. The highest BCUT2D eigenvalue weighted by Gasteiger charge is 2.28. The number of hydrogen-bond acceptors (Lipinski definition) is 1. The first-order valence-electron chi connectivity index (χ1n) is 23.7. The van der Waals surface area contributed by atoms with Crippen molar-refractivity contribution >= 4 is 211 Å². The molecule has 9 aromatic carbocycles. The van der Waals surface area contributed by atoms with Gasteiger partial charge in [-0.1, -0.05) is 171 Å². The maximum absolute atomic E-state index is 9.15. The number of fused-ring (bicyclic) bond motifs is 9. The van der Waals surface area contributed by atoms with Crippen LogP contribution in [0.15, 0.2) is 138 Å². The van der Waals surface area contributed by atoms with Crippen molar-refractivity contribution in [3.05, 3.63) is 156 Å². The molecule has 0 amide bonds. The summed E-state index contributed by atoms with van der Waals surface area (Å²) in [6.07, 6.45) is 4.03. The van der Waals surface area contributed by atoms with Gasteiger partial charge in [0.15, 0.2) is 11.7 Å². The van der Waals surface area contributed by atoms with Crippen LogP contribution in [0.5, 0.6) is 0 Å². The average molecular weight is 861 g/mol. The topological polar surface area (TPSA) is 53.5 Å². The molecule has 68 heavy (non-hydrogen) atoms. The van der Waals surface area contributed by atoms with E-state index in [0.29, 0.717) is 5.84 Å². The zero-order valence-electron chi connectivity index (χ0n) is 41.3. The molecule has 0 bridgehead atoms. The summed E-state index contributed by atoms with van der Waals surface area (Å²) in [5, 5.41) is 18.8. The third-order valence-corrected chi connectivity index (χ3v) is 15.6. The Morgan fingerprint density at radius 2 is 0.985 bits per heavy atom. The van der Waals surface area contributed by atoms with Crippen LogP contribution < -0.4 is 54.6 Å². The van der Waals surface area contributed by atoms with Gasteiger partial charge in [0.2, 0.25) is 0 Å². The molecule has 10 rings (SSSR count). The number of aromatic nitrogens is 1. The van der Waals surface area contributed by atoms with Gasteiger partial charge in [-0.3, -0.25) is 5.41 Å². The predicted octanol–water partition coefficient (Wildman–Crippen LogP) is -3.66. The van der Waals surface area contributed by atoms with Crippen molar-refractivity contribution < 1.29 is 0 Å². The molecule has 10 aromatic rings. The first kappa shape index (κ1) is 44.8. The molecule has 0 fully saturated rings. The molecule has 0 unspecified atom stereocenters. The fourth-order valence-corrected chi connectivity index (χ4v) is 11.2. The molecule has 314 valence electrons. The molecule has 0 saturated carbocycles. The lowest BCUT2D eigenvalue weighted by Crippen LogP contribution is -2.50. The number of nitrogens with one attached hydrogen (secondary N) is 1. The Hall–Kier alpha value is -7.04. The summed E-state index contributed by atoms with van der Waals surface area (Å²) in [5.41, 5.74) is 24.0. The first-order chi connectivity index (χ1) is 32.7. The number of benzene rings is 9. The minimum absolute atomic E-state index is 0.153. The lowest BCUT2D eigenvalue weighted by molar-refractivity contribution is 1.19. The number of hydrogen-bond donors (Lipinski definition) is 1. The van der Waals surface area contributed by atoms with Gasteiger partial charge in [0, 0.05) is 44.7 Å². The van der Waals surface area contributed by atoms with Crippen LogP contribution in [-0.2, 0) is 0 Å². The van der Waals surface area contributed by atoms with Gasteiger partial charge < -0.3 is 4.57 Å². The summed E-state index contributed by atoms with van der Waals surface area (Å²) >= 11 is 0. The highest BCUT2D eigenvalue weighted by atomic mass is 15.0. The van der Waals surface area contributed by atoms with Crippen molar-refractivity contribution in [1.29, 1.82) is 5.41 Å². The zero-order valence-corrected chi connectivity index (χ0v) is 41.3. The Kier molecular flexibility index (Phi) is 11.4. The summed E-state index contributed by atoms with van der Waals surface area (Å²) in [6.45, 7) is 6.72. The molecular formula is C54H48B10N4. The quantitative estimate of drug-likeness (QED) is 0.0778. The van der Waals surface area contributed by atoms with Crippen LogP contribution >= 0.6 is 0 Å². The van der Waals surface area contributed by atoms with Gasteiger partial charge >= 0.3 is 0 Å². The van der Waals surface area contributed by atoms with Crippen LogP contribution in [0.1, 0.15) is 27.8 Å². The van der Waals surface area contributed by atoms with Gasteiger partial charge in [-0.15, -0.1) is 10.9 Å². The van der Waals surface area contributed by atoms with Crippen LogP contribution in [0.25, 0.3) is 77.0 Å². The molecule has 0 spiro atoms. The van der Waals surface area contributed by atoms with E-state index in [4.69, 9.17) is 15.4 Å². The Morgan fingerprint density at radius 1 is 0.500 bits per heavy atom. The molecule has 0 aliphatic carbocycles. The van der Waals surface area contributed by atoms with Crippen molar-refractivity contribution in [2.45, 2.75) is 6.92 Å². The van der Waals surface area contributed by atoms with Crippen LogP contribution in [0, 0.1) is 12.3 Å². The molecule has 1 heterocycles. The minimum atomic E-state index is 0.153. The van der Waals surface area contributed by atoms with Crippen molar-refractivity contribution in [2.75, 3.05) is 0 Å². The lowest BCUT2D eigenvalue weighted by atomic mass is 9.60. The molecule has 0 radical (unpaired) electrons.